The molecule has 6 rings (SSSR count). The van der Waals surface area contributed by atoms with Crippen molar-refractivity contribution in [3.63, 3.8) is 0 Å². The van der Waals surface area contributed by atoms with Gasteiger partial charge < -0.3 is 0 Å². The SMILES string of the molecule is CCCCCCCCc1csc(-c2ccc(-c3cc(CCCCCCCC)c(/C=C/c4c(Br)sc5cc(Br)sc45)s3)c3nsnc23)c1. The number of rotatable bonds is 18. The third-order valence-corrected chi connectivity index (χ3v) is 15.2. The van der Waals surface area contributed by atoms with Gasteiger partial charge >= 0.3 is 0 Å². The monoisotopic (exact) mass is 844 g/mol. The van der Waals surface area contributed by atoms with Crippen LogP contribution < -0.4 is 0 Å². The number of unbranched alkanes of at least 4 members (excludes halogenated alkanes) is 10. The Labute approximate surface area is 317 Å². The molecule has 5 aromatic heterocycles. The lowest BCUT2D eigenvalue weighted by molar-refractivity contribution is 0.608. The Balaban J connectivity index is 1.25. The maximum atomic E-state index is 4.87. The van der Waals surface area contributed by atoms with Crippen LogP contribution in [0.2, 0.25) is 0 Å². The average molecular weight is 847 g/mol. The average Bonchev–Trinajstić information content (AvgIpc) is 3.90. The number of benzene rings is 1. The van der Waals surface area contributed by atoms with Crippen LogP contribution >= 0.6 is 88.9 Å². The smallest absolute Gasteiger partial charge is 0.114 e. The van der Waals surface area contributed by atoms with Crippen molar-refractivity contribution in [3.05, 3.63) is 64.9 Å². The van der Waals surface area contributed by atoms with Gasteiger partial charge in [0.15, 0.2) is 0 Å². The van der Waals surface area contributed by atoms with Gasteiger partial charge in [-0.25, -0.2) is 0 Å². The Hall–Kier alpha value is -1.20. The van der Waals surface area contributed by atoms with Crippen LogP contribution in [-0.2, 0) is 12.8 Å². The Morgan fingerprint density at radius 2 is 1.34 bits per heavy atom. The Morgan fingerprint density at radius 3 is 2.06 bits per heavy atom. The van der Waals surface area contributed by atoms with Gasteiger partial charge in [0.05, 0.1) is 24.0 Å². The molecule has 0 spiro atoms. The van der Waals surface area contributed by atoms with E-state index in [1.54, 1.807) is 0 Å². The highest BCUT2D eigenvalue weighted by molar-refractivity contribution is 9.11. The number of nitrogens with zero attached hydrogens (tertiary/aromatic N) is 2. The lowest BCUT2D eigenvalue weighted by Crippen LogP contribution is -1.86. The van der Waals surface area contributed by atoms with Crippen LogP contribution in [0.3, 0.4) is 0 Å². The molecule has 0 radical (unpaired) electrons. The molecule has 0 aliphatic heterocycles. The summed E-state index contributed by atoms with van der Waals surface area (Å²) in [6, 6.07) is 11.6. The van der Waals surface area contributed by atoms with Crippen molar-refractivity contribution in [3.8, 4) is 20.9 Å². The maximum Gasteiger partial charge on any atom is 0.114 e. The molecule has 6 aromatic rings. The van der Waals surface area contributed by atoms with Crippen molar-refractivity contribution < 1.29 is 0 Å². The summed E-state index contributed by atoms with van der Waals surface area (Å²) in [6.45, 7) is 4.57. The molecule has 248 valence electrons. The minimum absolute atomic E-state index is 1.03. The van der Waals surface area contributed by atoms with E-state index in [1.165, 1.54) is 155 Å². The summed E-state index contributed by atoms with van der Waals surface area (Å²) >= 11 is 16.2. The van der Waals surface area contributed by atoms with Crippen LogP contribution in [-0.4, -0.2) is 8.75 Å². The summed E-state index contributed by atoms with van der Waals surface area (Å²) in [7, 11) is 0. The molecule has 1 aromatic carbocycles. The number of hydrogen-bond acceptors (Lipinski definition) is 7. The molecule has 2 nitrogen and oxygen atoms in total. The molecule has 0 N–H and O–H groups in total. The predicted molar refractivity (Wildman–Crippen MR) is 222 cm³/mol. The van der Waals surface area contributed by atoms with Crippen molar-refractivity contribution >= 4 is 122 Å². The van der Waals surface area contributed by atoms with Crippen LogP contribution in [0.25, 0.3) is 53.5 Å². The Morgan fingerprint density at radius 1 is 0.681 bits per heavy atom. The van der Waals surface area contributed by atoms with Gasteiger partial charge in [-0.15, -0.1) is 45.3 Å². The van der Waals surface area contributed by atoms with Crippen LogP contribution in [0.1, 0.15) is 112 Å². The quantitative estimate of drug-likeness (QED) is 0.0806. The molecule has 9 heteroatoms. The molecule has 47 heavy (non-hydrogen) atoms. The fourth-order valence-electron chi connectivity index (χ4n) is 6.18. The normalized spacial score (nSPS) is 12.1. The number of aryl methyl sites for hydroxylation is 2. The second kappa shape index (κ2) is 17.6. The molecule has 0 saturated heterocycles. The third kappa shape index (κ3) is 8.94. The number of hydrogen-bond donors (Lipinski definition) is 0. The molecule has 0 aliphatic carbocycles. The summed E-state index contributed by atoms with van der Waals surface area (Å²) in [6.07, 6.45) is 22.8. The fraction of sp³-hybridized carbons (Fsp3) is 0.421. The van der Waals surface area contributed by atoms with Gasteiger partial charge in [0.1, 0.15) is 11.0 Å². The van der Waals surface area contributed by atoms with Gasteiger partial charge in [0, 0.05) is 36.0 Å². The van der Waals surface area contributed by atoms with Crippen molar-refractivity contribution in [1.29, 1.82) is 0 Å². The Kier molecular flexibility index (Phi) is 13.4. The van der Waals surface area contributed by atoms with E-state index < -0.39 is 0 Å². The zero-order valence-electron chi connectivity index (χ0n) is 27.2. The van der Waals surface area contributed by atoms with E-state index >= 15 is 0 Å². The van der Waals surface area contributed by atoms with Gasteiger partial charge in [-0.3, -0.25) is 0 Å². The molecular weight excluding hydrogens is 805 g/mol. The van der Waals surface area contributed by atoms with Gasteiger partial charge in [0.25, 0.3) is 0 Å². The molecule has 0 amide bonds. The van der Waals surface area contributed by atoms with Crippen molar-refractivity contribution in [2.24, 2.45) is 0 Å². The summed E-state index contributed by atoms with van der Waals surface area (Å²) in [5, 5.41) is 2.35. The van der Waals surface area contributed by atoms with E-state index in [9.17, 15) is 0 Å². The predicted octanol–water partition coefficient (Wildman–Crippen LogP) is 15.9. The van der Waals surface area contributed by atoms with E-state index in [0.29, 0.717) is 0 Å². The van der Waals surface area contributed by atoms with E-state index in [0.717, 1.165) is 17.5 Å². The highest BCUT2D eigenvalue weighted by Gasteiger charge is 2.18. The summed E-state index contributed by atoms with van der Waals surface area (Å²) in [5.41, 5.74) is 8.68. The van der Waals surface area contributed by atoms with Crippen LogP contribution in [0.5, 0.6) is 0 Å². The van der Waals surface area contributed by atoms with E-state index in [1.807, 2.05) is 45.3 Å². The van der Waals surface area contributed by atoms with Crippen molar-refractivity contribution in [2.45, 2.75) is 104 Å². The minimum Gasteiger partial charge on any atom is -0.172 e. The number of thiophene rings is 4. The van der Waals surface area contributed by atoms with E-state index in [4.69, 9.17) is 8.75 Å². The van der Waals surface area contributed by atoms with Gasteiger partial charge in [-0.1, -0.05) is 96.3 Å². The lowest BCUT2D eigenvalue weighted by Gasteiger charge is -2.04. The lowest BCUT2D eigenvalue weighted by atomic mass is 10.0. The molecule has 0 saturated carbocycles. The molecule has 5 heterocycles. The first-order valence-corrected chi connectivity index (χ1v) is 22.7. The maximum absolute atomic E-state index is 4.87. The first-order valence-electron chi connectivity index (χ1n) is 17.1. The van der Waals surface area contributed by atoms with E-state index in [-0.39, 0.29) is 0 Å². The fourth-order valence-corrected chi connectivity index (χ4v) is 12.8. The van der Waals surface area contributed by atoms with E-state index in [2.05, 4.69) is 93.6 Å². The number of halogens is 2. The second-order valence-electron chi connectivity index (χ2n) is 12.3. The van der Waals surface area contributed by atoms with Crippen LogP contribution in [0.4, 0.5) is 0 Å². The molecule has 0 fully saturated rings. The minimum atomic E-state index is 1.03. The first kappa shape index (κ1) is 35.6. The highest BCUT2D eigenvalue weighted by Crippen LogP contribution is 2.44. The van der Waals surface area contributed by atoms with Crippen molar-refractivity contribution in [1.82, 2.24) is 8.75 Å². The summed E-state index contributed by atoms with van der Waals surface area (Å²) < 4.78 is 14.8. The van der Waals surface area contributed by atoms with Gasteiger partial charge in [-0.2, -0.15) is 8.75 Å². The van der Waals surface area contributed by atoms with Crippen LogP contribution in [0, 0.1) is 0 Å². The summed E-state index contributed by atoms with van der Waals surface area (Å²) in [4.78, 5) is 3.95. The molecule has 0 atom stereocenters. The molecule has 0 unspecified atom stereocenters. The molecule has 0 aliphatic rings. The Bertz CT molecular complexity index is 1920. The second-order valence-corrected chi connectivity index (χ2v) is 19.7. The van der Waals surface area contributed by atoms with Gasteiger partial charge in [0.2, 0.25) is 0 Å². The topological polar surface area (TPSA) is 25.8 Å². The molecule has 0 bridgehead atoms. The number of fused-ring (bicyclic) bond motifs is 2. The van der Waals surface area contributed by atoms with Crippen molar-refractivity contribution in [2.75, 3.05) is 0 Å². The van der Waals surface area contributed by atoms with Crippen LogP contribution in [0.15, 0.2) is 43.3 Å². The van der Waals surface area contributed by atoms with Gasteiger partial charge in [-0.05, 0) is 98.3 Å². The summed E-state index contributed by atoms with van der Waals surface area (Å²) in [5.74, 6) is 0. The number of aromatic nitrogens is 2. The highest BCUT2D eigenvalue weighted by atomic mass is 79.9. The first-order chi connectivity index (χ1) is 23.1. The zero-order chi connectivity index (χ0) is 32.6. The molecular formula is C38H42Br2N2S5. The largest absolute Gasteiger partial charge is 0.172 e. The zero-order valence-corrected chi connectivity index (χ0v) is 34.5. The standard InChI is InChI=1S/C38H42Br2N2S5/c1-3-5-7-9-11-13-15-25-21-31(43-24-25)27-17-18-28(36-35(27)41-47-42-36)32-22-26(16-14-12-10-8-6-4-2)30(44-32)20-19-29-37-33(45-38(29)40)23-34(39)46-37/h17-24H,3-16H2,1-2H3/b20-19+. The third-order valence-electron chi connectivity index (χ3n) is 8.79.